The van der Waals surface area contributed by atoms with Gasteiger partial charge in [-0.15, -0.1) is 0 Å². The predicted octanol–water partition coefficient (Wildman–Crippen LogP) is 5.40. The van der Waals surface area contributed by atoms with Crippen molar-refractivity contribution in [2.24, 2.45) is 0 Å². The van der Waals surface area contributed by atoms with Crippen molar-refractivity contribution in [2.45, 2.75) is 101 Å². The number of aromatic nitrogens is 2. The third kappa shape index (κ3) is 7.09. The number of carbonyl (C=O) groups is 2. The first-order chi connectivity index (χ1) is 19.8. The predicted molar refractivity (Wildman–Crippen MR) is 141 cm³/mol. The van der Waals surface area contributed by atoms with Crippen LogP contribution >= 0.6 is 0 Å². The third-order valence-corrected chi connectivity index (χ3v) is 8.73. The zero-order valence-electron chi connectivity index (χ0n) is 23.3. The van der Waals surface area contributed by atoms with Crippen LogP contribution in [0.2, 0.25) is 0 Å². The first kappa shape index (κ1) is 30.4. The van der Waals surface area contributed by atoms with Gasteiger partial charge in [0, 0.05) is 37.6 Å². The molecular formula is C29H35F6N5O2. The molecule has 0 spiro atoms. The summed E-state index contributed by atoms with van der Waals surface area (Å²) in [5, 5.41) is 2.58. The highest BCUT2D eigenvalue weighted by Gasteiger charge is 2.43. The van der Waals surface area contributed by atoms with Crippen molar-refractivity contribution in [3.05, 3.63) is 53.1 Å². The van der Waals surface area contributed by atoms with Crippen LogP contribution in [0.15, 0.2) is 30.3 Å². The Hall–Kier alpha value is -3.09. The van der Waals surface area contributed by atoms with Gasteiger partial charge in [0.15, 0.2) is 0 Å². The van der Waals surface area contributed by atoms with E-state index in [9.17, 15) is 35.9 Å². The lowest BCUT2D eigenvalue weighted by Gasteiger charge is -2.41. The molecular weight excluding hydrogens is 564 g/mol. The Morgan fingerprint density at radius 1 is 0.976 bits per heavy atom. The summed E-state index contributed by atoms with van der Waals surface area (Å²) in [6.45, 7) is 2.82. The molecule has 3 aliphatic heterocycles. The highest BCUT2D eigenvalue weighted by molar-refractivity contribution is 5.77. The van der Waals surface area contributed by atoms with Crippen molar-refractivity contribution in [1.82, 2.24) is 24.7 Å². The largest absolute Gasteiger partial charge is 0.397 e. The smallest absolute Gasteiger partial charge is 0.349 e. The molecule has 3 atom stereocenters. The molecule has 1 N–H and O–H groups in total. The van der Waals surface area contributed by atoms with E-state index in [1.807, 2.05) is 13.0 Å². The first-order valence-corrected chi connectivity index (χ1v) is 14.4. The molecule has 1 aromatic carbocycles. The van der Waals surface area contributed by atoms with Crippen molar-refractivity contribution < 1.29 is 35.9 Å². The number of rotatable bonds is 8. The number of aryl methyl sites for hydroxylation is 1. The average Bonchev–Trinajstić information content (AvgIpc) is 3.34. The lowest BCUT2D eigenvalue weighted by Crippen LogP contribution is -2.45. The number of halogens is 6. The van der Waals surface area contributed by atoms with Crippen molar-refractivity contribution in [1.29, 1.82) is 0 Å². The number of nitrogens with zero attached hydrogens (tertiary/aromatic N) is 4. The van der Waals surface area contributed by atoms with E-state index in [1.165, 1.54) is 4.90 Å². The number of hydrogen-bond acceptors (Lipinski definition) is 4. The van der Waals surface area contributed by atoms with E-state index in [0.717, 1.165) is 48.5 Å². The van der Waals surface area contributed by atoms with Crippen LogP contribution in [0.3, 0.4) is 0 Å². The van der Waals surface area contributed by atoms with E-state index < -0.39 is 43.1 Å². The van der Waals surface area contributed by atoms with E-state index in [-0.39, 0.29) is 31.2 Å². The topological polar surface area (TPSA) is 70.5 Å². The molecule has 4 heterocycles. The Kier molecular flexibility index (Phi) is 8.60. The minimum absolute atomic E-state index is 0.0871. The van der Waals surface area contributed by atoms with Gasteiger partial charge in [-0.25, -0.2) is 4.98 Å². The molecule has 2 bridgehead atoms. The molecule has 1 aromatic heterocycles. The Bertz CT molecular complexity index is 1260. The summed E-state index contributed by atoms with van der Waals surface area (Å²) < 4.78 is 79.2. The number of imidazole rings is 1. The Labute approximate surface area is 240 Å². The van der Waals surface area contributed by atoms with E-state index in [4.69, 9.17) is 4.98 Å². The number of piperidine rings is 1. The van der Waals surface area contributed by atoms with E-state index in [1.54, 1.807) is 24.3 Å². The fourth-order valence-electron chi connectivity index (χ4n) is 7.03. The summed E-state index contributed by atoms with van der Waals surface area (Å²) in [5.74, 6) is -1.19. The van der Waals surface area contributed by atoms with Gasteiger partial charge in [-0.3, -0.25) is 14.5 Å². The molecule has 2 unspecified atom stereocenters. The highest BCUT2D eigenvalue weighted by atomic mass is 19.4. The average molecular weight is 600 g/mol. The van der Waals surface area contributed by atoms with Crippen LogP contribution in [-0.4, -0.2) is 68.7 Å². The van der Waals surface area contributed by atoms with Gasteiger partial charge >= 0.3 is 12.4 Å². The van der Waals surface area contributed by atoms with Gasteiger partial charge in [0.1, 0.15) is 18.7 Å². The number of amides is 2. The lowest BCUT2D eigenvalue weighted by molar-refractivity contribution is -0.162. The standard InChI is InChI=1S/C29H35F6N5O2/c1-18-36-24-9-11-38(27(42)16-29(33,34)35)17-25(24)40(18)22-13-20-7-8-21(14-22)39(20)12-10-23(19-5-3-2-4-6-19)37-26(41)15-28(30,31)32/h2-6,20-23H,7-17H2,1H3,(H,37,41)/t20?,21?,22?,23-/m0/s1. The normalized spacial score (nSPS) is 23.5. The summed E-state index contributed by atoms with van der Waals surface area (Å²) >= 11 is 0. The summed E-state index contributed by atoms with van der Waals surface area (Å²) in [4.78, 5) is 32.8. The molecule has 2 aromatic rings. The van der Waals surface area contributed by atoms with Crippen LogP contribution in [0, 0.1) is 6.92 Å². The second-order valence-corrected chi connectivity index (χ2v) is 11.6. The summed E-state index contributed by atoms with van der Waals surface area (Å²) in [6.07, 6.45) is -7.74. The van der Waals surface area contributed by atoms with Crippen LogP contribution in [-0.2, 0) is 22.6 Å². The second-order valence-electron chi connectivity index (χ2n) is 11.6. The van der Waals surface area contributed by atoms with Gasteiger partial charge in [0.25, 0.3) is 0 Å². The monoisotopic (exact) mass is 599 g/mol. The number of benzene rings is 1. The molecule has 0 saturated carbocycles. The highest BCUT2D eigenvalue weighted by Crippen LogP contribution is 2.43. The van der Waals surface area contributed by atoms with Crippen molar-refractivity contribution >= 4 is 11.8 Å². The van der Waals surface area contributed by atoms with Crippen LogP contribution in [0.1, 0.15) is 79.8 Å². The number of alkyl halides is 6. The van der Waals surface area contributed by atoms with Gasteiger partial charge in [0.05, 0.1) is 24.0 Å². The van der Waals surface area contributed by atoms with E-state index >= 15 is 0 Å². The minimum atomic E-state index is -4.58. The molecule has 0 aliphatic carbocycles. The molecule has 42 heavy (non-hydrogen) atoms. The maximum absolute atomic E-state index is 12.9. The lowest BCUT2D eigenvalue weighted by atomic mass is 9.95. The summed E-state index contributed by atoms with van der Waals surface area (Å²) in [7, 11) is 0. The molecule has 0 radical (unpaired) electrons. The minimum Gasteiger partial charge on any atom is -0.349 e. The Morgan fingerprint density at radius 3 is 2.24 bits per heavy atom. The fourth-order valence-corrected chi connectivity index (χ4v) is 7.03. The van der Waals surface area contributed by atoms with Gasteiger partial charge < -0.3 is 14.8 Å². The third-order valence-electron chi connectivity index (χ3n) is 8.73. The maximum Gasteiger partial charge on any atom is 0.397 e. The molecule has 13 heteroatoms. The fraction of sp³-hybridized carbons (Fsp3) is 0.621. The Morgan fingerprint density at radius 2 is 1.62 bits per heavy atom. The number of hydrogen-bond donors (Lipinski definition) is 1. The molecule has 3 aliphatic rings. The van der Waals surface area contributed by atoms with Crippen LogP contribution in [0.5, 0.6) is 0 Å². The molecule has 2 saturated heterocycles. The number of nitrogens with one attached hydrogen (secondary N) is 1. The first-order valence-electron chi connectivity index (χ1n) is 14.4. The van der Waals surface area contributed by atoms with Gasteiger partial charge in [-0.2, -0.15) is 26.3 Å². The van der Waals surface area contributed by atoms with Gasteiger partial charge in [-0.1, -0.05) is 30.3 Å². The van der Waals surface area contributed by atoms with Gasteiger partial charge in [-0.05, 0) is 44.6 Å². The zero-order chi connectivity index (χ0) is 30.2. The van der Waals surface area contributed by atoms with Crippen molar-refractivity contribution in [3.63, 3.8) is 0 Å². The molecule has 2 amide bonds. The molecule has 7 nitrogen and oxygen atoms in total. The SMILES string of the molecule is Cc1nc2c(n1C1CC3CCC(C1)N3CC[C@H](NC(=O)CC(F)(F)F)c1ccccc1)CN(C(=O)CC(F)(F)F)CC2. The molecule has 5 rings (SSSR count). The second kappa shape index (κ2) is 11.9. The number of fused-ring (bicyclic) bond motifs is 3. The van der Waals surface area contributed by atoms with Crippen molar-refractivity contribution in [2.75, 3.05) is 13.1 Å². The van der Waals surface area contributed by atoms with Gasteiger partial charge in [0.2, 0.25) is 11.8 Å². The Balaban J connectivity index is 1.26. The van der Waals surface area contributed by atoms with Crippen LogP contribution in [0.25, 0.3) is 0 Å². The summed E-state index contributed by atoms with van der Waals surface area (Å²) in [6, 6.07) is 8.97. The summed E-state index contributed by atoms with van der Waals surface area (Å²) in [5.41, 5.74) is 2.39. The molecule has 2 fully saturated rings. The van der Waals surface area contributed by atoms with Crippen LogP contribution < -0.4 is 5.32 Å². The quantitative estimate of drug-likeness (QED) is 0.413. The molecule has 230 valence electrons. The van der Waals surface area contributed by atoms with Crippen molar-refractivity contribution in [3.8, 4) is 0 Å². The zero-order valence-corrected chi connectivity index (χ0v) is 23.3. The van der Waals surface area contributed by atoms with E-state index in [2.05, 4.69) is 14.8 Å². The van der Waals surface area contributed by atoms with E-state index in [0.29, 0.717) is 19.4 Å². The number of carbonyl (C=O) groups excluding carboxylic acids is 2. The van der Waals surface area contributed by atoms with Crippen LogP contribution in [0.4, 0.5) is 26.3 Å². The maximum atomic E-state index is 12.9.